The quantitative estimate of drug-likeness (QED) is 0.760. The minimum absolute atomic E-state index is 0.111. The number of benzene rings is 1. The average molecular weight is 338 g/mol. The molecule has 2 heterocycles. The van der Waals surface area contributed by atoms with E-state index in [2.05, 4.69) is 5.32 Å². The summed E-state index contributed by atoms with van der Waals surface area (Å²) in [6.07, 6.45) is 0. The molecule has 1 aromatic carbocycles. The maximum atomic E-state index is 12.6. The average Bonchev–Trinajstić information content (AvgIpc) is 2.57. The van der Waals surface area contributed by atoms with Gasteiger partial charge in [-0.05, 0) is 12.1 Å². The molecule has 2 atom stereocenters. The molecule has 2 saturated heterocycles. The van der Waals surface area contributed by atoms with Crippen molar-refractivity contribution in [2.45, 2.75) is 12.1 Å². The summed E-state index contributed by atoms with van der Waals surface area (Å²) in [4.78, 5) is 39.8. The molecule has 2 aliphatic heterocycles. The first-order valence-electron chi connectivity index (χ1n) is 7.28. The number of aliphatic hydroxyl groups excluding tert-OH is 1. The van der Waals surface area contributed by atoms with Crippen molar-refractivity contribution in [1.29, 1.82) is 0 Å². The highest BCUT2D eigenvalue weighted by Crippen LogP contribution is 2.21. The third kappa shape index (κ3) is 2.77. The first-order valence-corrected chi connectivity index (χ1v) is 7.66. The van der Waals surface area contributed by atoms with E-state index in [0.717, 1.165) is 0 Å². The van der Waals surface area contributed by atoms with Gasteiger partial charge in [0, 0.05) is 13.1 Å². The second-order valence-corrected chi connectivity index (χ2v) is 5.93. The van der Waals surface area contributed by atoms with Gasteiger partial charge in [-0.3, -0.25) is 14.4 Å². The fraction of sp³-hybridized carbons (Fsp3) is 0.400. The standard InChI is InChI=1S/C15H16ClN3O4/c16-10-4-2-1-3-9(10)14(22)18-5-6-19-12(7-18)13(21)17-11(8-20)15(19)23/h1-4,11-12,20H,5-8H2,(H,17,21)/t11-,12-/m1/s1. The summed E-state index contributed by atoms with van der Waals surface area (Å²) in [5, 5.41) is 12.0. The van der Waals surface area contributed by atoms with Crippen LogP contribution in [0.4, 0.5) is 0 Å². The van der Waals surface area contributed by atoms with E-state index in [0.29, 0.717) is 17.1 Å². The molecule has 0 unspecified atom stereocenters. The molecule has 0 saturated carbocycles. The van der Waals surface area contributed by atoms with E-state index in [-0.39, 0.29) is 30.8 Å². The van der Waals surface area contributed by atoms with E-state index in [9.17, 15) is 14.4 Å². The molecule has 8 heteroatoms. The Hall–Kier alpha value is -2.12. The summed E-state index contributed by atoms with van der Waals surface area (Å²) in [5.41, 5.74) is 0.374. The van der Waals surface area contributed by atoms with Gasteiger partial charge in [0.2, 0.25) is 11.8 Å². The molecule has 1 aromatic rings. The number of nitrogens with one attached hydrogen (secondary N) is 1. The Morgan fingerprint density at radius 1 is 1.30 bits per heavy atom. The lowest BCUT2D eigenvalue weighted by Crippen LogP contribution is -2.70. The van der Waals surface area contributed by atoms with Gasteiger partial charge in [0.05, 0.1) is 23.7 Å². The molecule has 7 nitrogen and oxygen atoms in total. The van der Waals surface area contributed by atoms with Crippen molar-refractivity contribution < 1.29 is 19.5 Å². The summed E-state index contributed by atoms with van der Waals surface area (Å²) in [5.74, 6) is -0.943. The summed E-state index contributed by atoms with van der Waals surface area (Å²) >= 11 is 6.05. The number of hydrogen-bond donors (Lipinski definition) is 2. The molecule has 0 aromatic heterocycles. The Bertz CT molecular complexity index is 666. The van der Waals surface area contributed by atoms with Crippen molar-refractivity contribution in [1.82, 2.24) is 15.1 Å². The van der Waals surface area contributed by atoms with Crippen molar-refractivity contribution in [2.24, 2.45) is 0 Å². The van der Waals surface area contributed by atoms with Crippen LogP contribution in [0.1, 0.15) is 10.4 Å². The molecule has 23 heavy (non-hydrogen) atoms. The maximum absolute atomic E-state index is 12.6. The summed E-state index contributed by atoms with van der Waals surface area (Å²) in [7, 11) is 0. The monoisotopic (exact) mass is 337 g/mol. The fourth-order valence-corrected chi connectivity index (χ4v) is 3.13. The van der Waals surface area contributed by atoms with Crippen molar-refractivity contribution >= 4 is 29.3 Å². The van der Waals surface area contributed by atoms with Crippen molar-refractivity contribution in [3.8, 4) is 0 Å². The van der Waals surface area contributed by atoms with Gasteiger partial charge in [-0.1, -0.05) is 23.7 Å². The van der Waals surface area contributed by atoms with E-state index in [4.69, 9.17) is 16.7 Å². The molecule has 3 rings (SSSR count). The first kappa shape index (κ1) is 15.8. The highest BCUT2D eigenvalue weighted by molar-refractivity contribution is 6.33. The molecular weight excluding hydrogens is 322 g/mol. The predicted molar refractivity (Wildman–Crippen MR) is 81.9 cm³/mol. The maximum Gasteiger partial charge on any atom is 0.255 e. The number of rotatable bonds is 2. The lowest BCUT2D eigenvalue weighted by Gasteiger charge is -2.44. The topological polar surface area (TPSA) is 89.9 Å². The van der Waals surface area contributed by atoms with Gasteiger partial charge in [0.15, 0.2) is 0 Å². The van der Waals surface area contributed by atoms with Crippen LogP contribution in [0.2, 0.25) is 5.02 Å². The van der Waals surface area contributed by atoms with Crippen LogP contribution in [0.15, 0.2) is 24.3 Å². The van der Waals surface area contributed by atoms with Gasteiger partial charge in [-0.2, -0.15) is 0 Å². The van der Waals surface area contributed by atoms with Gasteiger partial charge in [-0.15, -0.1) is 0 Å². The van der Waals surface area contributed by atoms with E-state index < -0.39 is 18.7 Å². The second-order valence-electron chi connectivity index (χ2n) is 5.52. The Labute approximate surface area is 137 Å². The Kier molecular flexibility index (Phi) is 4.23. The molecule has 0 bridgehead atoms. The number of carbonyl (C=O) groups excluding carboxylic acids is 3. The summed E-state index contributed by atoms with van der Waals surface area (Å²) in [6, 6.07) is 5.09. The molecule has 0 radical (unpaired) electrons. The van der Waals surface area contributed by atoms with Crippen molar-refractivity contribution in [2.75, 3.05) is 26.2 Å². The fourth-order valence-electron chi connectivity index (χ4n) is 2.91. The molecule has 0 aliphatic carbocycles. The Balaban J connectivity index is 1.78. The summed E-state index contributed by atoms with van der Waals surface area (Å²) < 4.78 is 0. The molecule has 2 fully saturated rings. The zero-order valence-electron chi connectivity index (χ0n) is 12.2. The van der Waals surface area contributed by atoms with Gasteiger partial charge in [-0.25, -0.2) is 0 Å². The highest BCUT2D eigenvalue weighted by atomic mass is 35.5. The summed E-state index contributed by atoms with van der Waals surface area (Å²) in [6.45, 7) is 0.247. The van der Waals surface area contributed by atoms with Crippen LogP contribution in [0.5, 0.6) is 0 Å². The molecule has 122 valence electrons. The van der Waals surface area contributed by atoms with Crippen LogP contribution in [0.3, 0.4) is 0 Å². The zero-order chi connectivity index (χ0) is 16.6. The SMILES string of the molecule is O=C1N[C@H](CO)C(=O)N2CCN(C(=O)c3ccccc3Cl)C[C@H]12. The van der Waals surface area contributed by atoms with E-state index in [1.165, 1.54) is 9.80 Å². The number of fused-ring (bicyclic) bond motifs is 1. The molecule has 3 amide bonds. The van der Waals surface area contributed by atoms with Crippen LogP contribution < -0.4 is 5.32 Å². The Morgan fingerprint density at radius 2 is 2.04 bits per heavy atom. The zero-order valence-corrected chi connectivity index (χ0v) is 13.0. The van der Waals surface area contributed by atoms with Gasteiger partial charge in [0.25, 0.3) is 5.91 Å². The third-order valence-electron chi connectivity index (χ3n) is 4.15. The lowest BCUT2D eigenvalue weighted by molar-refractivity contribution is -0.153. The number of carbonyl (C=O) groups is 3. The Morgan fingerprint density at radius 3 is 2.74 bits per heavy atom. The van der Waals surface area contributed by atoms with Gasteiger partial charge < -0.3 is 20.2 Å². The van der Waals surface area contributed by atoms with Crippen LogP contribution >= 0.6 is 11.6 Å². The third-order valence-corrected chi connectivity index (χ3v) is 4.48. The molecule has 2 N–H and O–H groups in total. The van der Waals surface area contributed by atoms with Gasteiger partial charge >= 0.3 is 0 Å². The number of halogens is 1. The largest absolute Gasteiger partial charge is 0.394 e. The number of piperazine rings is 2. The minimum Gasteiger partial charge on any atom is -0.394 e. The number of aliphatic hydroxyl groups is 1. The molecule has 0 spiro atoms. The van der Waals surface area contributed by atoms with Crippen LogP contribution in [-0.2, 0) is 9.59 Å². The predicted octanol–water partition coefficient (Wildman–Crippen LogP) is -0.516. The molecule has 2 aliphatic rings. The van der Waals surface area contributed by atoms with Crippen LogP contribution in [0, 0.1) is 0 Å². The van der Waals surface area contributed by atoms with Gasteiger partial charge in [0.1, 0.15) is 12.1 Å². The van der Waals surface area contributed by atoms with E-state index >= 15 is 0 Å². The first-order chi connectivity index (χ1) is 11.0. The smallest absolute Gasteiger partial charge is 0.255 e. The number of hydrogen-bond acceptors (Lipinski definition) is 4. The number of amides is 3. The molecular formula is C15H16ClN3O4. The second kappa shape index (κ2) is 6.17. The van der Waals surface area contributed by atoms with Crippen LogP contribution in [0.25, 0.3) is 0 Å². The lowest BCUT2D eigenvalue weighted by atomic mass is 10.0. The van der Waals surface area contributed by atoms with Crippen LogP contribution in [-0.4, -0.2) is 71.0 Å². The normalized spacial score (nSPS) is 24.3. The van der Waals surface area contributed by atoms with Crippen molar-refractivity contribution in [3.05, 3.63) is 34.9 Å². The van der Waals surface area contributed by atoms with E-state index in [1.807, 2.05) is 0 Å². The highest BCUT2D eigenvalue weighted by Gasteiger charge is 2.44. The van der Waals surface area contributed by atoms with Crippen molar-refractivity contribution in [3.63, 3.8) is 0 Å². The minimum atomic E-state index is -0.899. The van der Waals surface area contributed by atoms with E-state index in [1.54, 1.807) is 24.3 Å². The number of nitrogens with zero attached hydrogens (tertiary/aromatic N) is 2.